The molecule has 19 heavy (non-hydrogen) atoms. The van der Waals surface area contributed by atoms with Gasteiger partial charge < -0.3 is 16.0 Å². The Morgan fingerprint density at radius 1 is 1.32 bits per heavy atom. The molecule has 0 aromatic rings. The van der Waals surface area contributed by atoms with Crippen LogP contribution in [0.25, 0.3) is 0 Å². The van der Waals surface area contributed by atoms with Gasteiger partial charge in [0.15, 0.2) is 0 Å². The molecule has 0 bridgehead atoms. The molecule has 1 saturated carbocycles. The van der Waals surface area contributed by atoms with Gasteiger partial charge in [-0.15, -0.1) is 0 Å². The van der Waals surface area contributed by atoms with Crippen LogP contribution in [0.2, 0.25) is 0 Å². The standard InChI is InChI=1S/C14H27N3O2/c1-10(13(18)16-2)9-17(3)14(19)11-7-5-4-6-8-12(11)15/h10-12H,4-9,15H2,1-3H3,(H,16,18). The Hall–Kier alpha value is -1.10. The highest BCUT2D eigenvalue weighted by Crippen LogP contribution is 2.24. The van der Waals surface area contributed by atoms with Crippen molar-refractivity contribution in [2.75, 3.05) is 20.6 Å². The zero-order chi connectivity index (χ0) is 14.4. The SMILES string of the molecule is CNC(=O)C(C)CN(C)C(=O)C1CCCCCC1N. The molecule has 0 saturated heterocycles. The van der Waals surface area contributed by atoms with Gasteiger partial charge in [-0.2, -0.15) is 0 Å². The van der Waals surface area contributed by atoms with Gasteiger partial charge >= 0.3 is 0 Å². The summed E-state index contributed by atoms with van der Waals surface area (Å²) in [7, 11) is 3.38. The first kappa shape index (κ1) is 16.0. The molecular weight excluding hydrogens is 242 g/mol. The second-order valence-electron chi connectivity index (χ2n) is 5.64. The largest absolute Gasteiger partial charge is 0.359 e. The van der Waals surface area contributed by atoms with Crippen LogP contribution in [-0.2, 0) is 9.59 Å². The predicted molar refractivity (Wildman–Crippen MR) is 75.4 cm³/mol. The molecule has 5 nitrogen and oxygen atoms in total. The lowest BCUT2D eigenvalue weighted by Gasteiger charge is -2.28. The Kier molecular flexibility index (Phi) is 6.28. The summed E-state index contributed by atoms with van der Waals surface area (Å²) < 4.78 is 0. The molecule has 1 rings (SSSR count). The van der Waals surface area contributed by atoms with Gasteiger partial charge in [-0.05, 0) is 12.8 Å². The lowest BCUT2D eigenvalue weighted by atomic mass is 9.94. The van der Waals surface area contributed by atoms with Crippen molar-refractivity contribution < 1.29 is 9.59 Å². The van der Waals surface area contributed by atoms with E-state index in [9.17, 15) is 9.59 Å². The van der Waals surface area contributed by atoms with Crippen LogP contribution in [0.15, 0.2) is 0 Å². The van der Waals surface area contributed by atoms with Crippen LogP contribution < -0.4 is 11.1 Å². The summed E-state index contributed by atoms with van der Waals surface area (Å²) in [6.07, 6.45) is 5.15. The summed E-state index contributed by atoms with van der Waals surface area (Å²) >= 11 is 0. The van der Waals surface area contributed by atoms with Crippen LogP contribution >= 0.6 is 0 Å². The van der Waals surface area contributed by atoms with Gasteiger partial charge in [-0.1, -0.05) is 26.2 Å². The van der Waals surface area contributed by atoms with Crippen molar-refractivity contribution in [3.8, 4) is 0 Å². The van der Waals surface area contributed by atoms with E-state index in [-0.39, 0.29) is 29.7 Å². The lowest BCUT2D eigenvalue weighted by Crippen LogP contribution is -2.45. The van der Waals surface area contributed by atoms with Crippen molar-refractivity contribution in [2.45, 2.75) is 45.1 Å². The number of carbonyl (C=O) groups is 2. The maximum atomic E-state index is 12.4. The van der Waals surface area contributed by atoms with Crippen LogP contribution in [0.4, 0.5) is 0 Å². The highest BCUT2D eigenvalue weighted by Gasteiger charge is 2.30. The van der Waals surface area contributed by atoms with Gasteiger partial charge in [-0.3, -0.25) is 9.59 Å². The van der Waals surface area contributed by atoms with Crippen LogP contribution in [0.3, 0.4) is 0 Å². The monoisotopic (exact) mass is 269 g/mol. The first-order valence-electron chi connectivity index (χ1n) is 7.19. The molecule has 3 unspecified atom stereocenters. The highest BCUT2D eigenvalue weighted by atomic mass is 16.2. The molecule has 3 N–H and O–H groups in total. The number of nitrogens with one attached hydrogen (secondary N) is 1. The molecule has 1 aliphatic carbocycles. The number of hydrogen-bond acceptors (Lipinski definition) is 3. The van der Waals surface area contributed by atoms with Gasteiger partial charge in [-0.25, -0.2) is 0 Å². The Labute approximate surface area is 115 Å². The van der Waals surface area contributed by atoms with E-state index < -0.39 is 0 Å². The number of amides is 2. The first-order chi connectivity index (χ1) is 8.97. The summed E-state index contributed by atoms with van der Waals surface area (Å²) in [5.74, 6) is -0.222. The normalized spacial score (nSPS) is 25.3. The Morgan fingerprint density at radius 3 is 2.58 bits per heavy atom. The predicted octanol–water partition coefficient (Wildman–Crippen LogP) is 0.734. The topological polar surface area (TPSA) is 75.4 Å². The number of hydrogen-bond donors (Lipinski definition) is 2. The maximum absolute atomic E-state index is 12.4. The van der Waals surface area contributed by atoms with Crippen LogP contribution in [0, 0.1) is 11.8 Å². The van der Waals surface area contributed by atoms with Gasteiger partial charge in [0, 0.05) is 26.7 Å². The van der Waals surface area contributed by atoms with Crippen LogP contribution in [-0.4, -0.2) is 43.4 Å². The second-order valence-corrected chi connectivity index (χ2v) is 5.64. The Balaban J connectivity index is 2.57. The number of nitrogens with zero attached hydrogens (tertiary/aromatic N) is 1. The van der Waals surface area contributed by atoms with E-state index >= 15 is 0 Å². The average molecular weight is 269 g/mol. The zero-order valence-electron chi connectivity index (χ0n) is 12.3. The van der Waals surface area contributed by atoms with E-state index in [1.54, 1.807) is 19.0 Å². The lowest BCUT2D eigenvalue weighted by molar-refractivity contribution is -0.136. The molecule has 0 spiro atoms. The van der Waals surface area contributed by atoms with E-state index in [0.29, 0.717) is 6.54 Å². The fourth-order valence-corrected chi connectivity index (χ4v) is 2.76. The fourth-order valence-electron chi connectivity index (χ4n) is 2.76. The van der Waals surface area contributed by atoms with Crippen LogP contribution in [0.1, 0.15) is 39.0 Å². The highest BCUT2D eigenvalue weighted by molar-refractivity contribution is 5.81. The van der Waals surface area contributed by atoms with E-state index in [1.165, 1.54) is 0 Å². The first-order valence-corrected chi connectivity index (χ1v) is 7.19. The minimum Gasteiger partial charge on any atom is -0.359 e. The van der Waals surface area contributed by atoms with Gasteiger partial charge in [0.1, 0.15) is 0 Å². The van der Waals surface area contributed by atoms with Crippen molar-refractivity contribution >= 4 is 11.8 Å². The zero-order valence-corrected chi connectivity index (χ0v) is 12.3. The van der Waals surface area contributed by atoms with Gasteiger partial charge in [0.05, 0.1) is 11.8 Å². The summed E-state index contributed by atoms with van der Waals surface area (Å²) in [6.45, 7) is 2.28. The second kappa shape index (κ2) is 7.48. The molecule has 1 fully saturated rings. The Morgan fingerprint density at radius 2 is 1.95 bits per heavy atom. The molecule has 5 heteroatoms. The molecule has 2 amide bonds. The molecular formula is C14H27N3O2. The van der Waals surface area contributed by atoms with E-state index in [2.05, 4.69) is 5.32 Å². The quantitative estimate of drug-likeness (QED) is 0.739. The van der Waals surface area contributed by atoms with Crippen molar-refractivity contribution in [3.63, 3.8) is 0 Å². The molecule has 0 aromatic heterocycles. The minimum absolute atomic E-state index is 0.0345. The van der Waals surface area contributed by atoms with E-state index in [4.69, 9.17) is 5.73 Å². The third-order valence-corrected chi connectivity index (χ3v) is 4.00. The molecule has 0 aromatic carbocycles. The van der Waals surface area contributed by atoms with Crippen molar-refractivity contribution in [3.05, 3.63) is 0 Å². The molecule has 1 aliphatic rings. The van der Waals surface area contributed by atoms with Gasteiger partial charge in [0.2, 0.25) is 11.8 Å². The van der Waals surface area contributed by atoms with Crippen molar-refractivity contribution in [1.29, 1.82) is 0 Å². The molecule has 110 valence electrons. The summed E-state index contributed by atoms with van der Waals surface area (Å²) in [4.78, 5) is 25.6. The molecule has 0 radical (unpaired) electrons. The number of carbonyl (C=O) groups excluding carboxylic acids is 2. The molecule has 3 atom stereocenters. The molecule has 0 heterocycles. The van der Waals surface area contributed by atoms with Crippen LogP contribution in [0.5, 0.6) is 0 Å². The fraction of sp³-hybridized carbons (Fsp3) is 0.857. The van der Waals surface area contributed by atoms with Crippen molar-refractivity contribution in [2.24, 2.45) is 17.6 Å². The minimum atomic E-state index is -0.194. The molecule has 0 aliphatic heterocycles. The Bertz CT molecular complexity index is 320. The number of rotatable bonds is 4. The van der Waals surface area contributed by atoms with Gasteiger partial charge in [0.25, 0.3) is 0 Å². The summed E-state index contributed by atoms with van der Waals surface area (Å²) in [6, 6.07) is -0.0345. The smallest absolute Gasteiger partial charge is 0.227 e. The third kappa shape index (κ3) is 4.49. The third-order valence-electron chi connectivity index (χ3n) is 4.00. The summed E-state index contributed by atoms with van der Waals surface area (Å²) in [5, 5.41) is 2.61. The number of nitrogens with two attached hydrogens (primary N) is 1. The van der Waals surface area contributed by atoms with E-state index in [1.807, 2.05) is 6.92 Å². The summed E-state index contributed by atoms with van der Waals surface area (Å²) in [5.41, 5.74) is 6.11. The maximum Gasteiger partial charge on any atom is 0.227 e. The van der Waals surface area contributed by atoms with Crippen molar-refractivity contribution in [1.82, 2.24) is 10.2 Å². The van der Waals surface area contributed by atoms with E-state index in [0.717, 1.165) is 32.1 Å². The average Bonchev–Trinajstić information content (AvgIpc) is 2.61.